The third kappa shape index (κ3) is 7.97. The maximum absolute atomic E-state index is 12.8. The van der Waals surface area contributed by atoms with Crippen LogP contribution < -0.4 is 11.1 Å². The maximum atomic E-state index is 12.8. The normalized spacial score (nSPS) is 18.1. The molecule has 15 heteroatoms. The third-order valence-corrected chi connectivity index (χ3v) is 10.9. The van der Waals surface area contributed by atoms with Crippen LogP contribution in [0.25, 0.3) is 22.5 Å². The molecular formula is C37H40N8O5S2. The first-order valence-corrected chi connectivity index (χ1v) is 18.5. The van der Waals surface area contributed by atoms with Crippen LogP contribution in [0, 0.1) is 34.5 Å². The second-order valence-electron chi connectivity index (χ2n) is 14.5. The van der Waals surface area contributed by atoms with E-state index in [2.05, 4.69) is 67.5 Å². The van der Waals surface area contributed by atoms with Crippen molar-refractivity contribution in [1.29, 1.82) is 10.5 Å². The Kier molecular flexibility index (Phi) is 11.4. The van der Waals surface area contributed by atoms with Gasteiger partial charge in [0.05, 0.1) is 30.5 Å². The van der Waals surface area contributed by atoms with Gasteiger partial charge in [-0.25, -0.2) is 9.97 Å². The Hall–Kier alpha value is -4.83. The summed E-state index contributed by atoms with van der Waals surface area (Å²) < 4.78 is 7.54. The van der Waals surface area contributed by atoms with Gasteiger partial charge in [0.25, 0.3) is 11.1 Å². The smallest absolute Gasteiger partial charge is 0.311 e. The molecule has 0 saturated carbocycles. The molecule has 1 N–H and O–H groups in total. The van der Waals surface area contributed by atoms with E-state index in [1.807, 2.05) is 30.3 Å². The summed E-state index contributed by atoms with van der Waals surface area (Å²) in [7, 11) is 1.32. The molecule has 2 aliphatic heterocycles. The van der Waals surface area contributed by atoms with Gasteiger partial charge in [-0.3, -0.25) is 33.5 Å². The van der Waals surface area contributed by atoms with Gasteiger partial charge in [0, 0.05) is 82.4 Å². The highest BCUT2D eigenvalue weighted by atomic mass is 32.2. The van der Waals surface area contributed by atoms with Gasteiger partial charge in [-0.2, -0.15) is 10.5 Å². The average molecular weight is 741 g/mol. The summed E-state index contributed by atoms with van der Waals surface area (Å²) in [6.45, 7) is 12.5. The number of methoxy groups -OCH3 is 1. The first-order valence-electron chi connectivity index (χ1n) is 16.6. The van der Waals surface area contributed by atoms with E-state index in [1.165, 1.54) is 45.8 Å². The summed E-state index contributed by atoms with van der Waals surface area (Å²) in [4.78, 5) is 55.2. The highest BCUT2D eigenvalue weighted by Crippen LogP contribution is 2.34. The molecule has 2 aliphatic rings. The summed E-state index contributed by atoms with van der Waals surface area (Å²) in [6, 6.07) is 12.4. The molecule has 0 radical (unpaired) electrons. The van der Waals surface area contributed by atoms with Crippen LogP contribution in [-0.2, 0) is 26.9 Å². The van der Waals surface area contributed by atoms with Crippen molar-refractivity contribution in [2.75, 3.05) is 25.2 Å². The largest absolute Gasteiger partial charge is 0.469 e. The number of hydrogen-bond acceptors (Lipinski definition) is 13. The van der Waals surface area contributed by atoms with Gasteiger partial charge >= 0.3 is 5.97 Å². The fraction of sp³-hybridized carbons (Fsp3) is 0.432. The van der Waals surface area contributed by atoms with Crippen molar-refractivity contribution in [1.82, 2.24) is 29.1 Å². The molecule has 0 fully saturated rings. The first-order chi connectivity index (χ1) is 24.6. The highest BCUT2D eigenvalue weighted by Gasteiger charge is 2.32. The van der Waals surface area contributed by atoms with E-state index in [4.69, 9.17) is 4.74 Å². The maximum Gasteiger partial charge on any atom is 0.311 e. The summed E-state index contributed by atoms with van der Waals surface area (Å²) >= 11 is 2.70. The second kappa shape index (κ2) is 15.4. The SMILES string of the molecule is CC(C)(C)c1ccc(-c2cc(=O)n3c(n2)SCC(CO)C3C#N)cn1.COC(=O)C1CSc2nc(-c3ccc(C(C)(C)C)nc3)c(C#N)c(=O)n2C1. The molecule has 0 bridgehead atoms. The molecule has 6 heterocycles. The second-order valence-corrected chi connectivity index (χ2v) is 16.5. The van der Waals surface area contributed by atoms with E-state index in [1.54, 1.807) is 12.4 Å². The fourth-order valence-electron chi connectivity index (χ4n) is 5.61. The van der Waals surface area contributed by atoms with Crippen LogP contribution in [0.4, 0.5) is 0 Å². The molecule has 13 nitrogen and oxygen atoms in total. The molecular weight excluding hydrogens is 701 g/mol. The van der Waals surface area contributed by atoms with Crippen LogP contribution in [0.2, 0.25) is 0 Å². The monoisotopic (exact) mass is 740 g/mol. The third-order valence-electron chi connectivity index (χ3n) is 8.67. The molecule has 0 aliphatic carbocycles. The van der Waals surface area contributed by atoms with Crippen LogP contribution >= 0.6 is 23.5 Å². The molecule has 0 amide bonds. The lowest BCUT2D eigenvalue weighted by molar-refractivity contribution is -0.145. The lowest BCUT2D eigenvalue weighted by Crippen LogP contribution is -2.36. The van der Waals surface area contributed by atoms with Gasteiger partial charge in [-0.15, -0.1) is 0 Å². The number of aliphatic hydroxyl groups is 1. The summed E-state index contributed by atoms with van der Waals surface area (Å²) in [5, 5.41) is 29.4. The van der Waals surface area contributed by atoms with Gasteiger partial charge in [0.15, 0.2) is 10.3 Å². The number of hydrogen-bond donors (Lipinski definition) is 1. The van der Waals surface area contributed by atoms with Crippen LogP contribution in [-0.4, -0.2) is 65.4 Å². The summed E-state index contributed by atoms with van der Waals surface area (Å²) in [5.41, 5.74) is 3.23. The number of rotatable bonds is 4. The van der Waals surface area contributed by atoms with Gasteiger partial charge < -0.3 is 9.84 Å². The van der Waals surface area contributed by atoms with E-state index >= 15 is 0 Å². The molecule has 0 spiro atoms. The molecule has 0 saturated heterocycles. The lowest BCUT2D eigenvalue weighted by Gasteiger charge is -2.28. The number of thioether (sulfide) groups is 2. The summed E-state index contributed by atoms with van der Waals surface area (Å²) in [6.07, 6.45) is 3.37. The Morgan fingerprint density at radius 3 is 2.08 bits per heavy atom. The number of nitriles is 2. The van der Waals surface area contributed by atoms with Crippen LogP contribution in [0.5, 0.6) is 0 Å². The quantitative estimate of drug-likeness (QED) is 0.223. The van der Waals surface area contributed by atoms with Crippen molar-refractivity contribution >= 4 is 29.5 Å². The number of nitrogens with zero attached hydrogens (tertiary/aromatic N) is 8. The molecule has 3 unspecified atom stereocenters. The predicted octanol–water partition coefficient (Wildman–Crippen LogP) is 4.75. The van der Waals surface area contributed by atoms with Crippen LogP contribution in [0.1, 0.15) is 64.5 Å². The first kappa shape index (κ1) is 38.4. The Labute approximate surface area is 310 Å². The number of carbonyl (C=O) groups is 1. The van der Waals surface area contributed by atoms with Crippen LogP contribution in [0.15, 0.2) is 62.6 Å². The van der Waals surface area contributed by atoms with Crippen molar-refractivity contribution in [3.8, 4) is 34.7 Å². The number of fused-ring (bicyclic) bond motifs is 2. The van der Waals surface area contributed by atoms with E-state index in [9.17, 15) is 30.0 Å². The standard InChI is InChI=1S/C19H20N4O3S.C18H20N4O2S/c1-19(2,3)14-6-5-11(8-21-14)15-13(7-20)16(24)23-9-12(17(25)26-4)10-27-18(23)22-15;1-18(2,3)15-5-4-11(8-20-15)13-6-16(24)22-14(7-19)12(9-23)10-25-17(22)21-13/h5-6,8,12H,9-10H2,1-4H3;4-6,8,12,14,23H,9-10H2,1-3H3. The highest BCUT2D eigenvalue weighted by molar-refractivity contribution is 7.99. The Balaban J connectivity index is 0.000000202. The molecule has 4 aromatic rings. The van der Waals surface area contributed by atoms with Gasteiger partial charge in [0.1, 0.15) is 17.7 Å². The van der Waals surface area contributed by atoms with Crippen molar-refractivity contribution in [3.63, 3.8) is 0 Å². The van der Waals surface area contributed by atoms with Gasteiger partial charge in [0.2, 0.25) is 0 Å². The minimum Gasteiger partial charge on any atom is -0.469 e. The number of carbonyl (C=O) groups excluding carboxylic acids is 1. The topological polar surface area (TPSA) is 190 Å². The number of aliphatic hydroxyl groups excluding tert-OH is 1. The van der Waals surface area contributed by atoms with E-state index in [0.29, 0.717) is 38.8 Å². The number of pyridine rings is 2. The molecule has 0 aromatic carbocycles. The lowest BCUT2D eigenvalue weighted by atomic mass is 9.91. The van der Waals surface area contributed by atoms with Crippen molar-refractivity contribution in [3.05, 3.63) is 80.4 Å². The average Bonchev–Trinajstić information content (AvgIpc) is 3.13. The zero-order valence-electron chi connectivity index (χ0n) is 30.1. The van der Waals surface area contributed by atoms with E-state index < -0.39 is 17.5 Å². The molecule has 6 rings (SSSR count). The van der Waals surface area contributed by atoms with E-state index in [-0.39, 0.29) is 47.0 Å². The molecule has 270 valence electrons. The number of esters is 1. The summed E-state index contributed by atoms with van der Waals surface area (Å²) in [5.74, 6) is -0.0281. The van der Waals surface area contributed by atoms with Gasteiger partial charge in [-0.05, 0) is 24.3 Å². The molecule has 4 aromatic heterocycles. The minimum atomic E-state index is -0.684. The van der Waals surface area contributed by atoms with Gasteiger partial charge in [-0.1, -0.05) is 65.1 Å². The molecule has 3 atom stereocenters. The Morgan fingerprint density at radius 2 is 1.56 bits per heavy atom. The number of aromatic nitrogens is 6. The van der Waals surface area contributed by atoms with Crippen molar-refractivity contribution in [2.45, 2.75) is 75.3 Å². The predicted molar refractivity (Wildman–Crippen MR) is 198 cm³/mol. The fourth-order valence-corrected chi connectivity index (χ4v) is 7.83. The zero-order valence-corrected chi connectivity index (χ0v) is 31.7. The number of ether oxygens (including phenoxy) is 1. The molecule has 52 heavy (non-hydrogen) atoms. The Morgan fingerprint density at radius 1 is 0.942 bits per heavy atom. The minimum absolute atomic E-state index is 0.0451. The van der Waals surface area contributed by atoms with Crippen LogP contribution in [0.3, 0.4) is 0 Å². The van der Waals surface area contributed by atoms with Crippen molar-refractivity contribution < 1.29 is 14.6 Å². The zero-order chi connectivity index (χ0) is 38.0. The Bertz CT molecular complexity index is 2170. The van der Waals surface area contributed by atoms with Crippen molar-refractivity contribution in [2.24, 2.45) is 11.8 Å². The van der Waals surface area contributed by atoms with E-state index in [0.717, 1.165) is 17.0 Å².